The molecule has 162 valence electrons. The van der Waals surface area contributed by atoms with E-state index in [1.165, 1.54) is 12.1 Å². The van der Waals surface area contributed by atoms with E-state index in [4.69, 9.17) is 9.02 Å². The molecule has 3 aromatic carbocycles. The van der Waals surface area contributed by atoms with E-state index in [0.29, 0.717) is 20.2 Å². The number of aryl methyl sites for hydroxylation is 1. The van der Waals surface area contributed by atoms with E-state index in [0.717, 1.165) is 11.1 Å². The number of carbonyl (C=O) groups is 1. The van der Waals surface area contributed by atoms with Crippen LogP contribution in [0.4, 0.5) is 0 Å². The molecule has 0 aliphatic carbocycles. The van der Waals surface area contributed by atoms with E-state index in [-0.39, 0.29) is 16.2 Å². The first-order chi connectivity index (χ1) is 15.2. The molecule has 32 heavy (non-hydrogen) atoms. The van der Waals surface area contributed by atoms with Gasteiger partial charge in [0.05, 0.1) is 14.5 Å². The van der Waals surface area contributed by atoms with Crippen molar-refractivity contribution in [2.75, 3.05) is 0 Å². The van der Waals surface area contributed by atoms with Gasteiger partial charge in [-0.1, -0.05) is 53.2 Å². The molecule has 1 aliphatic rings. The summed E-state index contributed by atoms with van der Waals surface area (Å²) in [7, 11) is -4.03. The van der Waals surface area contributed by atoms with Crippen LogP contribution in [0.1, 0.15) is 16.7 Å². The van der Waals surface area contributed by atoms with Crippen molar-refractivity contribution in [3.05, 3.63) is 97.9 Å². The third-order valence-electron chi connectivity index (χ3n) is 4.58. The fraction of sp³-hybridized carbons (Fsp3) is 0.0435. The number of carbonyl (C=O) groups excluding carboxylic acids is 1. The third kappa shape index (κ3) is 4.69. The smallest absolute Gasteiger partial charge is 0.368 e. The lowest BCUT2D eigenvalue weighted by Gasteiger charge is -2.12. The molecule has 0 atom stereocenters. The van der Waals surface area contributed by atoms with Gasteiger partial charge in [0.15, 0.2) is 5.75 Å². The zero-order valence-corrected chi connectivity index (χ0v) is 20.6. The maximum absolute atomic E-state index is 12.7. The molecule has 0 spiro atoms. The highest BCUT2D eigenvalue weighted by Gasteiger charge is 2.27. The van der Waals surface area contributed by atoms with Gasteiger partial charge in [0.1, 0.15) is 10.6 Å². The molecule has 9 heteroatoms. The summed E-state index contributed by atoms with van der Waals surface area (Å²) in [5.41, 5.74) is 3.00. The lowest BCUT2D eigenvalue weighted by Crippen LogP contribution is -2.10. The van der Waals surface area contributed by atoms with Crippen molar-refractivity contribution in [1.29, 1.82) is 0 Å². The van der Waals surface area contributed by atoms with Gasteiger partial charge in [-0.3, -0.25) is 0 Å². The Morgan fingerprint density at radius 1 is 0.969 bits per heavy atom. The number of oxime groups is 1. The van der Waals surface area contributed by atoms with Gasteiger partial charge in [0.2, 0.25) is 0 Å². The first kappa shape index (κ1) is 22.4. The monoisotopic (exact) mass is 575 g/mol. The summed E-state index contributed by atoms with van der Waals surface area (Å²) in [5, 5.41) is 3.89. The minimum absolute atomic E-state index is 0.0468. The second-order valence-electron chi connectivity index (χ2n) is 6.91. The molecule has 0 aromatic heterocycles. The second-order valence-corrected chi connectivity index (χ2v) is 10.2. The highest BCUT2D eigenvalue weighted by atomic mass is 79.9. The van der Waals surface area contributed by atoms with Crippen LogP contribution in [0.5, 0.6) is 5.75 Å². The predicted octanol–water partition coefficient (Wildman–Crippen LogP) is 5.63. The molecule has 0 saturated heterocycles. The Bertz CT molecular complexity index is 1340. The van der Waals surface area contributed by atoms with Gasteiger partial charge < -0.3 is 9.02 Å². The first-order valence-corrected chi connectivity index (χ1v) is 12.3. The van der Waals surface area contributed by atoms with E-state index in [9.17, 15) is 13.2 Å². The molecule has 0 N–H and O–H groups in total. The number of hydrogen-bond donors (Lipinski definition) is 0. The Morgan fingerprint density at radius 2 is 1.59 bits per heavy atom. The summed E-state index contributed by atoms with van der Waals surface area (Å²) < 4.78 is 31.5. The van der Waals surface area contributed by atoms with Crippen LogP contribution < -0.4 is 4.18 Å². The van der Waals surface area contributed by atoms with Crippen molar-refractivity contribution in [3.63, 3.8) is 0 Å². The highest BCUT2D eigenvalue weighted by molar-refractivity contribution is 9.11. The van der Waals surface area contributed by atoms with Crippen molar-refractivity contribution in [3.8, 4) is 5.75 Å². The molecule has 6 nitrogen and oxygen atoms in total. The quantitative estimate of drug-likeness (QED) is 0.223. The van der Waals surface area contributed by atoms with Gasteiger partial charge in [-0.25, -0.2) is 4.79 Å². The van der Waals surface area contributed by atoms with Crippen molar-refractivity contribution in [2.45, 2.75) is 11.8 Å². The summed E-state index contributed by atoms with van der Waals surface area (Å²) in [6.07, 6.45) is 1.62. The lowest BCUT2D eigenvalue weighted by molar-refractivity contribution is -0.136. The van der Waals surface area contributed by atoms with E-state index in [2.05, 4.69) is 37.0 Å². The van der Waals surface area contributed by atoms with Crippen LogP contribution in [-0.2, 0) is 19.8 Å². The van der Waals surface area contributed by atoms with E-state index < -0.39 is 16.1 Å². The van der Waals surface area contributed by atoms with Crippen molar-refractivity contribution in [1.82, 2.24) is 0 Å². The fourth-order valence-corrected chi connectivity index (χ4v) is 5.55. The number of hydrogen-bond acceptors (Lipinski definition) is 6. The maximum atomic E-state index is 12.7. The largest absolute Gasteiger partial charge is 0.377 e. The molecular formula is C23H15Br2NO5S. The van der Waals surface area contributed by atoms with Crippen molar-refractivity contribution < 1.29 is 22.2 Å². The normalized spacial score (nSPS) is 14.9. The number of halogens is 2. The second kappa shape index (κ2) is 9.01. The van der Waals surface area contributed by atoms with Crippen LogP contribution in [-0.4, -0.2) is 20.1 Å². The van der Waals surface area contributed by atoms with Crippen molar-refractivity contribution in [2.24, 2.45) is 5.16 Å². The summed E-state index contributed by atoms with van der Waals surface area (Å²) in [4.78, 5) is 17.1. The van der Waals surface area contributed by atoms with Crippen LogP contribution in [0.25, 0.3) is 6.08 Å². The Morgan fingerprint density at radius 3 is 2.22 bits per heavy atom. The predicted molar refractivity (Wildman–Crippen MR) is 128 cm³/mol. The molecule has 4 rings (SSSR count). The van der Waals surface area contributed by atoms with Crippen LogP contribution in [0, 0.1) is 6.92 Å². The molecule has 0 fully saturated rings. The lowest BCUT2D eigenvalue weighted by atomic mass is 10.0. The molecule has 1 heterocycles. The Balaban J connectivity index is 1.66. The Labute approximate surface area is 201 Å². The zero-order valence-electron chi connectivity index (χ0n) is 16.6. The standard InChI is InChI=1S/C23H15Br2NO5S/c1-14-7-9-17(10-8-14)32(28,29)31-22-19(24)12-15(13-20(22)25)11-18-21(26-30-23(18)27)16-5-3-2-4-6-16/h2-13H,1H3/b18-11-. The highest BCUT2D eigenvalue weighted by Crippen LogP contribution is 2.37. The average molecular weight is 577 g/mol. The Kier molecular flexibility index (Phi) is 6.32. The summed E-state index contributed by atoms with van der Waals surface area (Å²) in [6.45, 7) is 1.87. The average Bonchev–Trinajstić information content (AvgIpc) is 3.12. The SMILES string of the molecule is Cc1ccc(S(=O)(=O)Oc2c(Br)cc(/C=C3\C(=O)ON=C3c3ccccc3)cc2Br)cc1. The molecule has 0 saturated carbocycles. The number of rotatable bonds is 5. The van der Waals surface area contributed by atoms with E-state index in [1.807, 2.05) is 37.3 Å². The molecular weight excluding hydrogens is 562 g/mol. The van der Waals surface area contributed by atoms with E-state index >= 15 is 0 Å². The summed E-state index contributed by atoms with van der Waals surface area (Å²) >= 11 is 6.73. The van der Waals surface area contributed by atoms with Gasteiger partial charge in [0, 0.05) is 5.56 Å². The molecule has 3 aromatic rings. The first-order valence-electron chi connectivity index (χ1n) is 9.31. The molecule has 0 unspecified atom stereocenters. The maximum Gasteiger partial charge on any atom is 0.368 e. The Hall–Kier alpha value is -2.75. The van der Waals surface area contributed by atoms with Crippen molar-refractivity contribution >= 4 is 59.7 Å². The zero-order chi connectivity index (χ0) is 22.9. The van der Waals surface area contributed by atoms with Crippen LogP contribution in [0.15, 0.2) is 91.3 Å². The van der Waals surface area contributed by atoms with Crippen LogP contribution in [0.2, 0.25) is 0 Å². The minimum Gasteiger partial charge on any atom is -0.377 e. The van der Waals surface area contributed by atoms with Crippen LogP contribution in [0.3, 0.4) is 0 Å². The number of nitrogens with zero attached hydrogens (tertiary/aromatic N) is 1. The molecule has 0 bridgehead atoms. The summed E-state index contributed by atoms with van der Waals surface area (Å²) in [6, 6.07) is 18.9. The van der Waals surface area contributed by atoms with Gasteiger partial charge in [-0.05, 0) is 74.7 Å². The fourth-order valence-electron chi connectivity index (χ4n) is 2.99. The van der Waals surface area contributed by atoms with Gasteiger partial charge in [-0.15, -0.1) is 0 Å². The molecule has 0 amide bonds. The number of benzene rings is 3. The summed E-state index contributed by atoms with van der Waals surface area (Å²) in [5.74, 6) is -0.475. The van der Waals surface area contributed by atoms with E-state index in [1.54, 1.807) is 30.3 Å². The molecule has 1 aliphatic heterocycles. The third-order valence-corrected chi connectivity index (χ3v) is 6.99. The topological polar surface area (TPSA) is 82.0 Å². The van der Waals surface area contributed by atoms with Gasteiger partial charge in [-0.2, -0.15) is 8.42 Å². The molecule has 0 radical (unpaired) electrons. The minimum atomic E-state index is -4.03. The van der Waals surface area contributed by atoms with Crippen LogP contribution >= 0.6 is 31.9 Å². The van der Waals surface area contributed by atoms with Gasteiger partial charge in [0.25, 0.3) is 0 Å². The van der Waals surface area contributed by atoms with Gasteiger partial charge >= 0.3 is 16.1 Å².